The quantitative estimate of drug-likeness (QED) is 0.816. The van der Waals surface area contributed by atoms with Crippen molar-refractivity contribution in [3.63, 3.8) is 0 Å². The average molecular weight is 349 g/mol. The Balaban J connectivity index is 1.82. The van der Waals surface area contributed by atoms with Gasteiger partial charge in [0.15, 0.2) is 0 Å². The SMILES string of the molecule is CCOC(=O)N1CCC(Nc2cnc(C(=O)NC(C)CC)cn2)CC1. The number of nitrogens with zero attached hydrogens (tertiary/aromatic N) is 3. The highest BCUT2D eigenvalue weighted by Gasteiger charge is 2.23. The molecule has 0 aromatic carbocycles. The molecule has 1 unspecified atom stereocenters. The van der Waals surface area contributed by atoms with Crippen molar-refractivity contribution in [1.29, 1.82) is 0 Å². The lowest BCUT2D eigenvalue weighted by Crippen LogP contribution is -2.42. The summed E-state index contributed by atoms with van der Waals surface area (Å²) >= 11 is 0. The molecule has 0 saturated carbocycles. The number of piperidine rings is 1. The Morgan fingerprint density at radius 2 is 2.00 bits per heavy atom. The smallest absolute Gasteiger partial charge is 0.409 e. The summed E-state index contributed by atoms with van der Waals surface area (Å²) in [5, 5.41) is 6.17. The first-order valence-corrected chi connectivity index (χ1v) is 8.84. The van der Waals surface area contributed by atoms with E-state index in [4.69, 9.17) is 4.74 Å². The Morgan fingerprint density at radius 3 is 2.56 bits per heavy atom. The standard InChI is InChI=1S/C17H27N5O3/c1-4-12(3)20-16(23)14-10-19-15(11-18-14)21-13-6-8-22(9-7-13)17(24)25-5-2/h10-13H,4-9H2,1-3H3,(H,19,21)(H,20,23). The predicted molar refractivity (Wildman–Crippen MR) is 94.5 cm³/mol. The van der Waals surface area contributed by atoms with Crippen LogP contribution in [-0.4, -0.2) is 58.6 Å². The number of carbonyl (C=O) groups excluding carboxylic acids is 2. The number of hydrogen-bond donors (Lipinski definition) is 2. The van der Waals surface area contributed by atoms with Crippen molar-refractivity contribution in [1.82, 2.24) is 20.2 Å². The summed E-state index contributed by atoms with van der Waals surface area (Å²) in [7, 11) is 0. The molecule has 0 aliphatic carbocycles. The second kappa shape index (κ2) is 9.19. The number of amides is 2. The second-order valence-corrected chi connectivity index (χ2v) is 6.17. The number of rotatable bonds is 6. The van der Waals surface area contributed by atoms with Crippen LogP contribution in [0, 0.1) is 0 Å². The number of ether oxygens (including phenoxy) is 1. The van der Waals surface area contributed by atoms with Crippen LogP contribution in [0.2, 0.25) is 0 Å². The average Bonchev–Trinajstić information content (AvgIpc) is 2.63. The number of nitrogens with one attached hydrogen (secondary N) is 2. The van der Waals surface area contributed by atoms with Crippen molar-refractivity contribution < 1.29 is 14.3 Å². The fraction of sp³-hybridized carbons (Fsp3) is 0.647. The Bertz CT molecular complexity index is 570. The molecule has 2 heterocycles. The Hall–Kier alpha value is -2.38. The minimum absolute atomic E-state index is 0.108. The number of hydrogen-bond acceptors (Lipinski definition) is 6. The molecule has 138 valence electrons. The molecule has 1 fully saturated rings. The van der Waals surface area contributed by atoms with Crippen LogP contribution in [0.1, 0.15) is 50.5 Å². The lowest BCUT2D eigenvalue weighted by atomic mass is 10.1. The van der Waals surface area contributed by atoms with Gasteiger partial charge >= 0.3 is 6.09 Å². The molecule has 1 saturated heterocycles. The summed E-state index contributed by atoms with van der Waals surface area (Å²) in [4.78, 5) is 33.8. The van der Waals surface area contributed by atoms with E-state index in [9.17, 15) is 9.59 Å². The lowest BCUT2D eigenvalue weighted by molar-refractivity contribution is 0.0933. The van der Waals surface area contributed by atoms with Gasteiger partial charge in [-0.2, -0.15) is 0 Å². The minimum atomic E-state index is -0.252. The maximum Gasteiger partial charge on any atom is 0.409 e. The molecule has 8 heteroatoms. The second-order valence-electron chi connectivity index (χ2n) is 6.17. The normalized spacial score (nSPS) is 16.2. The molecule has 1 aliphatic heterocycles. The molecule has 0 spiro atoms. The van der Waals surface area contributed by atoms with Gasteiger partial charge in [0, 0.05) is 25.2 Å². The first kappa shape index (κ1) is 19.0. The fourth-order valence-electron chi connectivity index (χ4n) is 2.55. The first-order valence-electron chi connectivity index (χ1n) is 8.84. The molecule has 1 aromatic heterocycles. The van der Waals surface area contributed by atoms with Crippen LogP contribution in [0.15, 0.2) is 12.4 Å². The first-order chi connectivity index (χ1) is 12.0. The Morgan fingerprint density at radius 1 is 1.28 bits per heavy atom. The highest BCUT2D eigenvalue weighted by atomic mass is 16.6. The number of likely N-dealkylation sites (tertiary alicyclic amines) is 1. The minimum Gasteiger partial charge on any atom is -0.450 e. The lowest BCUT2D eigenvalue weighted by Gasteiger charge is -2.31. The third-order valence-corrected chi connectivity index (χ3v) is 4.25. The zero-order valence-electron chi connectivity index (χ0n) is 15.1. The highest BCUT2D eigenvalue weighted by Crippen LogP contribution is 2.15. The number of aromatic nitrogens is 2. The molecule has 2 amide bonds. The fourth-order valence-corrected chi connectivity index (χ4v) is 2.55. The van der Waals surface area contributed by atoms with Gasteiger partial charge in [-0.25, -0.2) is 14.8 Å². The van der Waals surface area contributed by atoms with Gasteiger partial charge in [0.25, 0.3) is 5.91 Å². The molecule has 1 aromatic rings. The van der Waals surface area contributed by atoms with Gasteiger partial charge in [-0.15, -0.1) is 0 Å². The molecule has 1 aliphatic rings. The molecular formula is C17H27N5O3. The molecule has 0 bridgehead atoms. The van der Waals surface area contributed by atoms with Gasteiger partial charge in [0.2, 0.25) is 0 Å². The Kier molecular flexibility index (Phi) is 6.97. The van der Waals surface area contributed by atoms with Crippen molar-refractivity contribution in [3.8, 4) is 0 Å². The van der Waals surface area contributed by atoms with Crippen LogP contribution in [0.3, 0.4) is 0 Å². The summed E-state index contributed by atoms with van der Waals surface area (Å²) in [6.07, 6.45) is 5.30. The molecule has 0 radical (unpaired) electrons. The van der Waals surface area contributed by atoms with Gasteiger partial charge in [-0.05, 0) is 33.1 Å². The summed E-state index contributed by atoms with van der Waals surface area (Å²) < 4.78 is 5.01. The van der Waals surface area contributed by atoms with E-state index in [0.29, 0.717) is 31.2 Å². The van der Waals surface area contributed by atoms with Gasteiger partial charge < -0.3 is 20.3 Å². The van der Waals surface area contributed by atoms with Crippen LogP contribution in [0.25, 0.3) is 0 Å². The van der Waals surface area contributed by atoms with E-state index in [-0.39, 0.29) is 24.1 Å². The van der Waals surface area contributed by atoms with Gasteiger partial charge in [-0.3, -0.25) is 4.79 Å². The van der Waals surface area contributed by atoms with Gasteiger partial charge in [-0.1, -0.05) is 6.92 Å². The van der Waals surface area contributed by atoms with E-state index in [0.717, 1.165) is 19.3 Å². The number of carbonyl (C=O) groups is 2. The molecule has 8 nitrogen and oxygen atoms in total. The third kappa shape index (κ3) is 5.58. The topological polar surface area (TPSA) is 96.5 Å². The van der Waals surface area contributed by atoms with E-state index >= 15 is 0 Å². The summed E-state index contributed by atoms with van der Waals surface area (Å²) in [6, 6.07) is 0.330. The summed E-state index contributed by atoms with van der Waals surface area (Å²) in [5.41, 5.74) is 0.308. The third-order valence-electron chi connectivity index (χ3n) is 4.25. The maximum atomic E-state index is 12.0. The monoisotopic (exact) mass is 349 g/mol. The van der Waals surface area contributed by atoms with Crippen molar-refractivity contribution in [3.05, 3.63) is 18.1 Å². The zero-order valence-corrected chi connectivity index (χ0v) is 15.1. The van der Waals surface area contributed by atoms with Crippen molar-refractivity contribution in [2.24, 2.45) is 0 Å². The van der Waals surface area contributed by atoms with Crippen molar-refractivity contribution in [2.75, 3.05) is 25.0 Å². The van der Waals surface area contributed by atoms with Crippen LogP contribution < -0.4 is 10.6 Å². The summed E-state index contributed by atoms with van der Waals surface area (Å²) in [6.45, 7) is 7.46. The van der Waals surface area contributed by atoms with E-state index in [1.165, 1.54) is 6.20 Å². The van der Waals surface area contributed by atoms with Crippen molar-refractivity contribution >= 4 is 17.8 Å². The van der Waals surface area contributed by atoms with Gasteiger partial charge in [0.1, 0.15) is 11.5 Å². The van der Waals surface area contributed by atoms with E-state index < -0.39 is 0 Å². The van der Waals surface area contributed by atoms with E-state index in [2.05, 4.69) is 20.6 Å². The molecule has 2 rings (SSSR count). The van der Waals surface area contributed by atoms with Crippen LogP contribution >= 0.6 is 0 Å². The molecule has 1 atom stereocenters. The summed E-state index contributed by atoms with van der Waals surface area (Å²) in [5.74, 6) is 0.422. The molecular weight excluding hydrogens is 322 g/mol. The van der Waals surface area contributed by atoms with E-state index in [1.807, 2.05) is 13.8 Å². The molecule has 25 heavy (non-hydrogen) atoms. The largest absolute Gasteiger partial charge is 0.450 e. The van der Waals surface area contributed by atoms with Crippen LogP contribution in [0.5, 0.6) is 0 Å². The number of anilines is 1. The van der Waals surface area contributed by atoms with Gasteiger partial charge in [0.05, 0.1) is 19.0 Å². The molecule has 2 N–H and O–H groups in total. The van der Waals surface area contributed by atoms with Crippen molar-refractivity contribution in [2.45, 2.75) is 52.1 Å². The zero-order chi connectivity index (χ0) is 18.2. The van der Waals surface area contributed by atoms with E-state index in [1.54, 1.807) is 18.0 Å². The van der Waals surface area contributed by atoms with Crippen LogP contribution in [0.4, 0.5) is 10.6 Å². The van der Waals surface area contributed by atoms with Crippen LogP contribution in [-0.2, 0) is 4.74 Å². The Labute approximate surface area is 148 Å². The highest BCUT2D eigenvalue weighted by molar-refractivity contribution is 5.92. The maximum absolute atomic E-state index is 12.0. The predicted octanol–water partition coefficient (Wildman–Crippen LogP) is 2.04.